The summed E-state index contributed by atoms with van der Waals surface area (Å²) in [5, 5.41) is 11.6. The average molecular weight is 750 g/mol. The smallest absolute Gasteiger partial charge is 0.319 e. The Morgan fingerprint density at radius 1 is 1.06 bits per heavy atom. The number of nitrogens with one attached hydrogen (secondary N) is 2. The summed E-state index contributed by atoms with van der Waals surface area (Å²) in [7, 11) is -4.00. The predicted octanol–water partition coefficient (Wildman–Crippen LogP) is 5.01. The van der Waals surface area contributed by atoms with Crippen molar-refractivity contribution in [1.29, 1.82) is 0 Å². The molecule has 2 bridgehead atoms. The number of amides is 1. The molecule has 2 atom stereocenters. The third kappa shape index (κ3) is 6.35. The Hall–Kier alpha value is -6.05. The van der Waals surface area contributed by atoms with Gasteiger partial charge >= 0.3 is 6.01 Å². The Kier molecular flexibility index (Phi) is 8.90. The van der Waals surface area contributed by atoms with E-state index in [1.807, 2.05) is 18.7 Å². The molecule has 2 saturated heterocycles. The molecule has 13 nitrogen and oxygen atoms in total. The van der Waals surface area contributed by atoms with Crippen LogP contribution in [0.1, 0.15) is 44.0 Å². The van der Waals surface area contributed by atoms with Crippen molar-refractivity contribution in [3.63, 3.8) is 0 Å². The minimum absolute atomic E-state index is 0.00852. The summed E-state index contributed by atoms with van der Waals surface area (Å²) in [6, 6.07) is 13.7. The Morgan fingerprint density at radius 3 is 2.52 bits per heavy atom. The molecule has 1 amide bonds. The first-order valence-electron chi connectivity index (χ1n) is 17.3. The second kappa shape index (κ2) is 13.7. The number of carbonyl (C=O) groups is 1. The largest absolute Gasteiger partial charge is 0.453 e. The molecule has 0 unspecified atom stereocenters. The molecule has 2 fully saturated rings. The van der Waals surface area contributed by atoms with Gasteiger partial charge in [-0.15, -0.1) is 15.6 Å². The van der Waals surface area contributed by atoms with Gasteiger partial charge in [0.15, 0.2) is 18.2 Å². The highest BCUT2D eigenvalue weighted by atomic mass is 32.2. The molecular formula is C38H33F2N9O4S. The van der Waals surface area contributed by atoms with Crippen LogP contribution in [-0.2, 0) is 14.8 Å². The molecule has 3 aromatic carbocycles. The number of fused-ring (bicyclic) bond motifs is 4. The maximum atomic E-state index is 16.7. The highest BCUT2D eigenvalue weighted by Crippen LogP contribution is 2.37. The normalized spacial score (nSPS) is 16.9. The molecule has 0 radical (unpaired) electrons. The van der Waals surface area contributed by atoms with Gasteiger partial charge in [0, 0.05) is 53.9 Å². The molecule has 6 aromatic rings. The number of rotatable bonds is 9. The van der Waals surface area contributed by atoms with Gasteiger partial charge in [0.05, 0.1) is 15.8 Å². The van der Waals surface area contributed by atoms with Crippen molar-refractivity contribution >= 4 is 49.1 Å². The number of nitrogens with zero attached hydrogens (tertiary/aromatic N) is 7. The Morgan fingerprint density at radius 2 is 1.81 bits per heavy atom. The van der Waals surface area contributed by atoms with Crippen LogP contribution in [0.4, 0.5) is 20.3 Å². The van der Waals surface area contributed by atoms with Gasteiger partial charge in [-0.1, -0.05) is 44.0 Å². The number of hydrogen-bond acceptors (Lipinski definition) is 11. The number of halogens is 2. The van der Waals surface area contributed by atoms with E-state index < -0.39 is 34.2 Å². The van der Waals surface area contributed by atoms with E-state index >= 15 is 4.39 Å². The first kappa shape index (κ1) is 35.0. The Balaban J connectivity index is 1.09. The van der Waals surface area contributed by atoms with Gasteiger partial charge in [-0.3, -0.25) is 9.78 Å². The van der Waals surface area contributed by atoms with Crippen LogP contribution in [0.15, 0.2) is 72.0 Å². The quantitative estimate of drug-likeness (QED) is 0.192. The van der Waals surface area contributed by atoms with E-state index in [0.717, 1.165) is 23.3 Å². The van der Waals surface area contributed by atoms with E-state index in [4.69, 9.17) is 11.2 Å². The monoisotopic (exact) mass is 749 g/mol. The van der Waals surface area contributed by atoms with E-state index in [1.165, 1.54) is 36.5 Å². The lowest BCUT2D eigenvalue weighted by Crippen LogP contribution is -2.51. The molecule has 3 aromatic heterocycles. The number of anilines is 2. The molecule has 0 aliphatic carbocycles. The summed E-state index contributed by atoms with van der Waals surface area (Å²) in [6.07, 6.45) is 10.3. The zero-order valence-corrected chi connectivity index (χ0v) is 29.9. The van der Waals surface area contributed by atoms with Crippen molar-refractivity contribution in [3.8, 4) is 29.6 Å². The summed E-state index contributed by atoms with van der Waals surface area (Å²) >= 11 is 0. The van der Waals surface area contributed by atoms with Gasteiger partial charge in [-0.25, -0.2) is 13.8 Å². The first-order chi connectivity index (χ1) is 26.0. The van der Waals surface area contributed by atoms with E-state index in [1.54, 1.807) is 24.3 Å². The molecule has 274 valence electrons. The third-order valence-corrected chi connectivity index (χ3v) is 11.1. The highest BCUT2D eigenvalue weighted by Gasteiger charge is 2.34. The molecule has 8 rings (SSSR count). The SMILES string of the molecule is C#Cc1c(F)ccc2cccc(-c3ncc4c(N5C[C@H]6CC[C@@H](C5)N6)nc(OCC(=O)Nc5ccc(S(=O)(=O)n6cnc(C(C)C)n6)cc5)nc4c3F)c12. The summed E-state index contributed by atoms with van der Waals surface area (Å²) < 4.78 is 64.2. The van der Waals surface area contributed by atoms with Crippen LogP contribution < -0.4 is 20.3 Å². The van der Waals surface area contributed by atoms with Crippen molar-refractivity contribution in [2.24, 2.45) is 0 Å². The number of benzene rings is 3. The molecule has 16 heteroatoms. The molecule has 5 heterocycles. The van der Waals surface area contributed by atoms with Gasteiger partial charge in [-0.05, 0) is 48.6 Å². The van der Waals surface area contributed by atoms with Crippen molar-refractivity contribution in [1.82, 2.24) is 34.4 Å². The fraction of sp³-hybridized carbons (Fsp3) is 0.263. The van der Waals surface area contributed by atoms with Crippen LogP contribution in [-0.4, -0.2) is 75.2 Å². The summed E-state index contributed by atoms with van der Waals surface area (Å²) in [4.78, 5) is 32.6. The van der Waals surface area contributed by atoms with E-state index in [-0.39, 0.29) is 45.7 Å². The van der Waals surface area contributed by atoms with Gasteiger partial charge in [0.25, 0.3) is 15.9 Å². The van der Waals surface area contributed by atoms with Gasteiger partial charge < -0.3 is 20.3 Å². The van der Waals surface area contributed by atoms with Crippen LogP contribution in [0.2, 0.25) is 0 Å². The summed E-state index contributed by atoms with van der Waals surface area (Å²) in [5.74, 6) is 1.15. The van der Waals surface area contributed by atoms with Crippen molar-refractivity contribution in [3.05, 3.63) is 90.1 Å². The molecule has 2 aliphatic rings. The van der Waals surface area contributed by atoms with Gasteiger partial charge in [-0.2, -0.15) is 18.4 Å². The van der Waals surface area contributed by atoms with E-state index in [9.17, 15) is 17.6 Å². The number of piperazine rings is 1. The second-order valence-electron chi connectivity index (χ2n) is 13.5. The molecular weight excluding hydrogens is 717 g/mol. The Bertz CT molecular complexity index is 2600. The molecule has 54 heavy (non-hydrogen) atoms. The zero-order valence-electron chi connectivity index (χ0n) is 29.1. The zero-order chi connectivity index (χ0) is 37.7. The van der Waals surface area contributed by atoms with E-state index in [2.05, 4.69) is 41.6 Å². The van der Waals surface area contributed by atoms with Crippen LogP contribution >= 0.6 is 0 Å². The lowest BCUT2D eigenvalue weighted by molar-refractivity contribution is -0.118. The lowest BCUT2D eigenvalue weighted by Gasteiger charge is -2.34. The standard InChI is InChI=1S/C38H33F2N9O4S/c1-4-27-30(39)15-8-22-6-5-7-28(32(22)27)34-33(40)35-29(16-41-34)37(48-17-24-9-10-25(18-48)43-24)46-38(45-35)53-19-31(50)44-23-11-13-26(14-12-23)54(51,52)49-20-42-36(47-49)21(2)3/h1,5-8,11-16,20-21,24-25,43H,9-10,17-19H2,2-3H3,(H,44,50)/t24-,25+. The van der Waals surface area contributed by atoms with Crippen molar-refractivity contribution in [2.45, 2.75) is 49.6 Å². The van der Waals surface area contributed by atoms with Crippen LogP contribution in [0.25, 0.3) is 32.9 Å². The molecule has 2 N–H and O–H groups in total. The van der Waals surface area contributed by atoms with Gasteiger partial charge in [0.1, 0.15) is 29.2 Å². The number of carbonyl (C=O) groups excluding carboxylic acids is 1. The number of terminal acetylenes is 1. The Labute approximate surface area is 308 Å². The highest BCUT2D eigenvalue weighted by molar-refractivity contribution is 7.89. The number of aromatic nitrogens is 6. The maximum absolute atomic E-state index is 16.7. The fourth-order valence-electron chi connectivity index (χ4n) is 6.96. The molecule has 2 aliphatic heterocycles. The summed E-state index contributed by atoms with van der Waals surface area (Å²) in [6.45, 7) is 4.40. The number of hydrogen-bond donors (Lipinski definition) is 2. The van der Waals surface area contributed by atoms with Crippen LogP contribution in [0, 0.1) is 24.0 Å². The first-order valence-corrected chi connectivity index (χ1v) is 18.7. The fourth-order valence-corrected chi connectivity index (χ4v) is 8.02. The van der Waals surface area contributed by atoms with Crippen molar-refractivity contribution < 1.29 is 26.7 Å². The molecule has 0 saturated carbocycles. The van der Waals surface area contributed by atoms with Crippen molar-refractivity contribution in [2.75, 3.05) is 29.9 Å². The lowest BCUT2D eigenvalue weighted by atomic mass is 9.96. The minimum atomic E-state index is -4.00. The number of ether oxygens (including phenoxy) is 1. The van der Waals surface area contributed by atoms with Crippen LogP contribution in [0.3, 0.4) is 0 Å². The summed E-state index contributed by atoms with van der Waals surface area (Å²) in [5.41, 5.74) is 0.415. The third-order valence-electron chi connectivity index (χ3n) is 9.57. The average Bonchev–Trinajstić information content (AvgIpc) is 3.81. The minimum Gasteiger partial charge on any atom is -0.453 e. The maximum Gasteiger partial charge on any atom is 0.319 e. The topological polar surface area (TPSA) is 157 Å². The van der Waals surface area contributed by atoms with Crippen LogP contribution in [0.5, 0.6) is 6.01 Å². The predicted molar refractivity (Wildman–Crippen MR) is 198 cm³/mol. The van der Waals surface area contributed by atoms with Gasteiger partial charge in [0.2, 0.25) is 0 Å². The second-order valence-corrected chi connectivity index (χ2v) is 15.3. The number of pyridine rings is 1. The molecule has 0 spiro atoms. The van der Waals surface area contributed by atoms with E-state index in [0.29, 0.717) is 52.1 Å².